The Morgan fingerprint density at radius 3 is 2.84 bits per heavy atom. The third kappa shape index (κ3) is 3.79. The second-order valence-electron chi connectivity index (χ2n) is 7.72. The molecule has 0 bridgehead atoms. The predicted octanol–water partition coefficient (Wildman–Crippen LogP) is 4.31. The Hall–Kier alpha value is -2.91. The third-order valence-corrected chi connectivity index (χ3v) is 8.81. The minimum atomic E-state index is -3.61. The average molecular weight is 456 g/mol. The monoisotopic (exact) mass is 455 g/mol. The van der Waals surface area contributed by atoms with E-state index >= 15 is 0 Å². The lowest BCUT2D eigenvalue weighted by atomic mass is 10.2. The van der Waals surface area contributed by atoms with Crippen molar-refractivity contribution in [3.05, 3.63) is 58.3 Å². The van der Waals surface area contributed by atoms with Crippen LogP contribution in [0.3, 0.4) is 0 Å². The Labute approximate surface area is 184 Å². The molecule has 5 rings (SSSR count). The van der Waals surface area contributed by atoms with Crippen LogP contribution in [0.25, 0.3) is 12.2 Å². The minimum absolute atomic E-state index is 0.0173. The van der Waals surface area contributed by atoms with Gasteiger partial charge in [-0.2, -0.15) is 0 Å². The largest absolute Gasteiger partial charge is 0.354 e. The zero-order chi connectivity index (χ0) is 21.6. The predicted molar refractivity (Wildman–Crippen MR) is 121 cm³/mol. The first-order chi connectivity index (χ1) is 14.9. The summed E-state index contributed by atoms with van der Waals surface area (Å²) in [4.78, 5) is 12.9. The van der Waals surface area contributed by atoms with Crippen LogP contribution in [0.4, 0.5) is 11.4 Å². The first-order valence-corrected chi connectivity index (χ1v) is 12.3. The molecule has 9 heteroatoms. The van der Waals surface area contributed by atoms with Crippen molar-refractivity contribution >= 4 is 50.8 Å². The van der Waals surface area contributed by atoms with Gasteiger partial charge in [-0.1, -0.05) is 23.4 Å². The molecule has 0 unspecified atom stereocenters. The lowest BCUT2D eigenvalue weighted by molar-refractivity contribution is -0.117. The van der Waals surface area contributed by atoms with E-state index in [9.17, 15) is 13.2 Å². The quantitative estimate of drug-likeness (QED) is 0.598. The molecule has 0 atom stereocenters. The van der Waals surface area contributed by atoms with Crippen molar-refractivity contribution in [3.8, 4) is 0 Å². The van der Waals surface area contributed by atoms with Crippen LogP contribution in [0, 0.1) is 12.8 Å². The maximum atomic E-state index is 13.2. The molecule has 7 nitrogen and oxygen atoms in total. The van der Waals surface area contributed by atoms with Gasteiger partial charge in [-0.25, -0.2) is 8.42 Å². The van der Waals surface area contributed by atoms with Gasteiger partial charge in [0.05, 0.1) is 5.69 Å². The second-order valence-corrected chi connectivity index (χ2v) is 10.9. The normalized spacial score (nSPS) is 16.1. The molecule has 1 N–H and O–H groups in total. The molecule has 3 heterocycles. The molecule has 1 fully saturated rings. The molecule has 2 aromatic heterocycles. The Morgan fingerprint density at radius 2 is 2.03 bits per heavy atom. The molecule has 0 spiro atoms. The van der Waals surface area contributed by atoms with E-state index in [1.165, 1.54) is 15.6 Å². The van der Waals surface area contributed by atoms with Crippen molar-refractivity contribution in [2.45, 2.75) is 30.4 Å². The van der Waals surface area contributed by atoms with Gasteiger partial charge in [-0.15, -0.1) is 11.3 Å². The highest BCUT2D eigenvalue weighted by Gasteiger charge is 2.32. The fourth-order valence-corrected chi connectivity index (χ4v) is 6.46. The van der Waals surface area contributed by atoms with Gasteiger partial charge in [0.25, 0.3) is 10.0 Å². The first-order valence-electron chi connectivity index (χ1n) is 10.1. The number of nitrogens with zero attached hydrogens (tertiary/aromatic N) is 2. The lowest BCUT2D eigenvalue weighted by Gasteiger charge is -2.18. The highest BCUT2D eigenvalue weighted by molar-refractivity contribution is 7.94. The molecule has 1 aliphatic heterocycles. The molecule has 0 saturated heterocycles. The van der Waals surface area contributed by atoms with E-state index in [0.717, 1.165) is 29.0 Å². The van der Waals surface area contributed by atoms with Crippen molar-refractivity contribution in [1.29, 1.82) is 0 Å². The topological polar surface area (TPSA) is 92.5 Å². The Bertz CT molecular complexity index is 1290. The van der Waals surface area contributed by atoms with Gasteiger partial charge in [0, 0.05) is 17.3 Å². The van der Waals surface area contributed by atoms with Crippen molar-refractivity contribution in [2.24, 2.45) is 5.92 Å². The molecule has 1 aliphatic carbocycles. The van der Waals surface area contributed by atoms with Crippen molar-refractivity contribution < 1.29 is 17.7 Å². The van der Waals surface area contributed by atoms with Crippen LogP contribution >= 0.6 is 11.3 Å². The number of sulfonamides is 1. The first kappa shape index (κ1) is 20.0. The number of amides is 1. The van der Waals surface area contributed by atoms with E-state index in [2.05, 4.69) is 10.5 Å². The number of aryl methyl sites for hydroxylation is 1. The van der Waals surface area contributed by atoms with Gasteiger partial charge in [0.1, 0.15) is 15.6 Å². The molecule has 0 radical (unpaired) electrons. The number of benzene rings is 1. The van der Waals surface area contributed by atoms with Gasteiger partial charge in [0.15, 0.2) is 5.76 Å². The molecular weight excluding hydrogens is 434 g/mol. The maximum absolute atomic E-state index is 13.2. The number of para-hydroxylation sites is 1. The molecule has 1 amide bonds. The van der Waals surface area contributed by atoms with Crippen LogP contribution in [0.1, 0.15) is 34.7 Å². The number of rotatable bonds is 6. The van der Waals surface area contributed by atoms with E-state index in [1.807, 2.05) is 24.3 Å². The van der Waals surface area contributed by atoms with E-state index in [4.69, 9.17) is 4.52 Å². The lowest BCUT2D eigenvalue weighted by Crippen LogP contribution is -2.28. The summed E-state index contributed by atoms with van der Waals surface area (Å²) in [6.45, 7) is 2.22. The zero-order valence-electron chi connectivity index (χ0n) is 16.9. The summed E-state index contributed by atoms with van der Waals surface area (Å²) in [7, 11) is -3.61. The summed E-state index contributed by atoms with van der Waals surface area (Å²) in [5.41, 5.74) is 2.97. The van der Waals surface area contributed by atoms with Crippen molar-refractivity contribution in [2.75, 3.05) is 16.2 Å². The van der Waals surface area contributed by atoms with Crippen LogP contribution in [-0.4, -0.2) is 26.0 Å². The number of nitrogens with one attached hydrogen (secondary N) is 1. The van der Waals surface area contributed by atoms with Gasteiger partial charge in [-0.05, 0) is 62.1 Å². The van der Waals surface area contributed by atoms with Crippen molar-refractivity contribution in [3.63, 3.8) is 0 Å². The highest BCUT2D eigenvalue weighted by Crippen LogP contribution is 2.36. The fraction of sp³-hybridized carbons (Fsp3) is 0.273. The van der Waals surface area contributed by atoms with E-state index in [1.54, 1.807) is 31.2 Å². The minimum Gasteiger partial charge on any atom is -0.354 e. The maximum Gasteiger partial charge on any atom is 0.273 e. The molecule has 1 aromatic carbocycles. The summed E-state index contributed by atoms with van der Waals surface area (Å²) >= 11 is 1.20. The number of aromatic nitrogens is 1. The summed E-state index contributed by atoms with van der Waals surface area (Å²) in [5, 5.41) is 6.83. The Kier molecular flexibility index (Phi) is 4.94. The van der Waals surface area contributed by atoms with Gasteiger partial charge >= 0.3 is 0 Å². The summed E-state index contributed by atoms with van der Waals surface area (Å²) in [5.74, 6) is 0.501. The zero-order valence-corrected chi connectivity index (χ0v) is 18.5. The second kappa shape index (κ2) is 7.65. The molecule has 1 saturated carbocycles. The van der Waals surface area contributed by atoms with Crippen LogP contribution in [-0.2, 0) is 21.2 Å². The van der Waals surface area contributed by atoms with Crippen LogP contribution in [0.5, 0.6) is 0 Å². The van der Waals surface area contributed by atoms with Crippen LogP contribution in [0.2, 0.25) is 0 Å². The molecule has 160 valence electrons. The standard InChI is InChI=1S/C22H21N3O4S2/c1-14-21(23-22(26)16-6-7-16)19(29-24-14)10-8-17-9-11-20(30-17)31(27,28)25-13-12-15-4-2-3-5-18(15)25/h2-5,8-11,16H,6-7,12-13H2,1H3,(H,23,26)/b10-8+. The number of carbonyl (C=O) groups excluding carboxylic acids is 1. The Balaban J connectivity index is 1.36. The summed E-state index contributed by atoms with van der Waals surface area (Å²) in [6.07, 6.45) is 6.02. The van der Waals surface area contributed by atoms with E-state index in [-0.39, 0.29) is 11.8 Å². The van der Waals surface area contributed by atoms with Crippen molar-refractivity contribution in [1.82, 2.24) is 5.16 Å². The van der Waals surface area contributed by atoms with Gasteiger partial charge < -0.3 is 9.84 Å². The van der Waals surface area contributed by atoms with Gasteiger partial charge in [-0.3, -0.25) is 9.10 Å². The fourth-order valence-electron chi connectivity index (χ4n) is 3.61. The number of carbonyl (C=O) groups is 1. The molecule has 31 heavy (non-hydrogen) atoms. The van der Waals surface area contributed by atoms with Gasteiger partial charge in [0.2, 0.25) is 5.91 Å². The summed E-state index contributed by atoms with van der Waals surface area (Å²) < 4.78 is 33.4. The number of thiophene rings is 1. The number of hydrogen-bond donors (Lipinski definition) is 1. The van der Waals surface area contributed by atoms with E-state index < -0.39 is 10.0 Å². The smallest absolute Gasteiger partial charge is 0.273 e. The third-order valence-electron chi connectivity index (χ3n) is 5.48. The highest BCUT2D eigenvalue weighted by atomic mass is 32.2. The Morgan fingerprint density at radius 1 is 1.23 bits per heavy atom. The van der Waals surface area contributed by atoms with E-state index in [0.29, 0.717) is 34.3 Å². The SMILES string of the molecule is Cc1noc(/C=C/c2ccc(S(=O)(=O)N3CCc4ccccc43)s2)c1NC(=O)C1CC1. The number of anilines is 2. The number of fused-ring (bicyclic) bond motifs is 1. The molecular formula is C22H21N3O4S2. The average Bonchev–Trinajstić information content (AvgIpc) is 3.18. The molecule has 3 aromatic rings. The number of hydrogen-bond acceptors (Lipinski definition) is 6. The summed E-state index contributed by atoms with van der Waals surface area (Å²) in [6, 6.07) is 11.0. The van der Waals surface area contributed by atoms with Crippen LogP contribution in [0.15, 0.2) is 45.1 Å². The van der Waals surface area contributed by atoms with Crippen LogP contribution < -0.4 is 9.62 Å². The molecule has 2 aliphatic rings.